The third kappa shape index (κ3) is 1.60. The minimum absolute atomic E-state index is 0.0139. The van der Waals surface area contributed by atoms with Crippen LogP contribution in [0.4, 0.5) is 18.9 Å². The van der Waals surface area contributed by atoms with Crippen molar-refractivity contribution in [2.75, 3.05) is 5.73 Å². The van der Waals surface area contributed by atoms with E-state index in [-0.39, 0.29) is 11.1 Å². The van der Waals surface area contributed by atoms with E-state index in [2.05, 4.69) is 4.98 Å². The van der Waals surface area contributed by atoms with Crippen molar-refractivity contribution in [2.24, 2.45) is 0 Å². The van der Waals surface area contributed by atoms with Crippen molar-refractivity contribution in [3.8, 4) is 0 Å². The Morgan fingerprint density at radius 1 is 1.13 bits per heavy atom. The van der Waals surface area contributed by atoms with Crippen molar-refractivity contribution in [3.63, 3.8) is 0 Å². The Morgan fingerprint density at radius 3 is 2.53 bits per heavy atom. The minimum Gasteiger partial charge on any atom is -0.398 e. The number of fused-ring (bicyclic) bond motifs is 1. The molecule has 1 aromatic heterocycles. The van der Waals surface area contributed by atoms with Gasteiger partial charge in [-0.3, -0.25) is 4.98 Å². The lowest BCUT2D eigenvalue weighted by molar-refractivity contribution is -0.136. The maximum absolute atomic E-state index is 12.6. The largest absolute Gasteiger partial charge is 0.418 e. The van der Waals surface area contributed by atoms with Crippen molar-refractivity contribution in [1.82, 2.24) is 4.98 Å². The molecule has 0 amide bonds. The molecule has 0 spiro atoms. The van der Waals surface area contributed by atoms with Crippen LogP contribution in [-0.2, 0) is 6.18 Å². The lowest BCUT2D eigenvalue weighted by atomic mass is 10.1. The number of nitrogens with two attached hydrogens (primary N) is 1. The molecular weight excluding hydrogens is 205 g/mol. The summed E-state index contributed by atoms with van der Waals surface area (Å²) in [7, 11) is 0. The summed E-state index contributed by atoms with van der Waals surface area (Å²) in [5.74, 6) is 0. The second-order valence-corrected chi connectivity index (χ2v) is 3.13. The third-order valence-electron chi connectivity index (χ3n) is 2.12. The van der Waals surface area contributed by atoms with Crippen LogP contribution in [0, 0.1) is 0 Å². The molecule has 0 unspecified atom stereocenters. The van der Waals surface area contributed by atoms with Crippen molar-refractivity contribution < 1.29 is 13.2 Å². The number of hydrogen-bond donors (Lipinski definition) is 1. The first-order valence-electron chi connectivity index (χ1n) is 4.19. The second-order valence-electron chi connectivity index (χ2n) is 3.13. The minimum atomic E-state index is -4.43. The first kappa shape index (κ1) is 9.76. The summed E-state index contributed by atoms with van der Waals surface area (Å²) in [5.41, 5.74) is 4.85. The van der Waals surface area contributed by atoms with E-state index >= 15 is 0 Å². The topological polar surface area (TPSA) is 38.9 Å². The summed E-state index contributed by atoms with van der Waals surface area (Å²) in [6, 6.07) is 4.59. The van der Waals surface area contributed by atoms with Crippen LogP contribution in [0.1, 0.15) is 5.56 Å². The first-order chi connectivity index (χ1) is 7.00. The molecule has 2 nitrogen and oxygen atoms in total. The van der Waals surface area contributed by atoms with Crippen LogP contribution in [0.2, 0.25) is 0 Å². The highest BCUT2D eigenvalue weighted by molar-refractivity contribution is 5.95. The van der Waals surface area contributed by atoms with Gasteiger partial charge in [-0.2, -0.15) is 13.2 Å². The van der Waals surface area contributed by atoms with Crippen LogP contribution < -0.4 is 5.73 Å². The zero-order valence-corrected chi connectivity index (χ0v) is 7.55. The van der Waals surface area contributed by atoms with Crippen LogP contribution in [-0.4, -0.2) is 4.98 Å². The average Bonchev–Trinajstić information content (AvgIpc) is 2.16. The van der Waals surface area contributed by atoms with Gasteiger partial charge in [0, 0.05) is 28.9 Å². The van der Waals surface area contributed by atoms with Gasteiger partial charge in [0.2, 0.25) is 0 Å². The number of rotatable bonds is 0. The Balaban J connectivity index is 2.86. The molecule has 1 aromatic carbocycles. The summed E-state index contributed by atoms with van der Waals surface area (Å²) >= 11 is 0. The molecule has 0 saturated carbocycles. The lowest BCUT2D eigenvalue weighted by Gasteiger charge is -2.10. The smallest absolute Gasteiger partial charge is 0.398 e. The number of anilines is 1. The summed E-state index contributed by atoms with van der Waals surface area (Å²) in [5, 5.41) is 0.407. The summed E-state index contributed by atoms with van der Waals surface area (Å²) < 4.78 is 37.8. The molecule has 2 rings (SSSR count). The molecule has 2 N–H and O–H groups in total. The molecule has 2 aromatic rings. The van der Waals surface area contributed by atoms with E-state index in [1.807, 2.05) is 0 Å². The fourth-order valence-electron chi connectivity index (χ4n) is 1.48. The van der Waals surface area contributed by atoms with E-state index in [1.54, 1.807) is 12.1 Å². The van der Waals surface area contributed by atoms with Crippen molar-refractivity contribution in [3.05, 3.63) is 36.2 Å². The molecule has 0 radical (unpaired) electrons. The molecule has 0 atom stereocenters. The Hall–Kier alpha value is -1.78. The first-order valence-corrected chi connectivity index (χ1v) is 4.19. The second kappa shape index (κ2) is 3.12. The quantitative estimate of drug-likeness (QED) is 0.682. The van der Waals surface area contributed by atoms with Crippen LogP contribution in [0.25, 0.3) is 10.8 Å². The van der Waals surface area contributed by atoms with E-state index in [4.69, 9.17) is 5.73 Å². The fraction of sp³-hybridized carbons (Fsp3) is 0.100. The molecular formula is C10H7F3N2. The van der Waals surface area contributed by atoms with Gasteiger partial charge < -0.3 is 5.73 Å². The third-order valence-corrected chi connectivity index (χ3v) is 2.12. The highest BCUT2D eigenvalue weighted by Crippen LogP contribution is 2.36. The molecule has 15 heavy (non-hydrogen) atoms. The number of alkyl halides is 3. The van der Waals surface area contributed by atoms with Gasteiger partial charge in [-0.1, -0.05) is 12.1 Å². The molecule has 0 bridgehead atoms. The van der Waals surface area contributed by atoms with Crippen molar-refractivity contribution in [1.29, 1.82) is 0 Å². The molecule has 1 heterocycles. The number of nitrogen functional groups attached to an aromatic ring is 1. The van der Waals surface area contributed by atoms with Gasteiger partial charge in [0.25, 0.3) is 0 Å². The van der Waals surface area contributed by atoms with Crippen molar-refractivity contribution in [2.45, 2.75) is 6.18 Å². The van der Waals surface area contributed by atoms with Gasteiger partial charge in [0.15, 0.2) is 0 Å². The highest BCUT2D eigenvalue weighted by atomic mass is 19.4. The molecule has 5 heteroatoms. The van der Waals surface area contributed by atoms with Crippen molar-refractivity contribution >= 4 is 16.5 Å². The van der Waals surface area contributed by atoms with Crippen LogP contribution in [0.5, 0.6) is 0 Å². The molecule has 0 aliphatic rings. The standard InChI is InChI=1S/C10H7F3N2/c11-10(12,13)7-5-15-4-6-2-1-3-8(14)9(6)7/h1-5H,14H2. The maximum atomic E-state index is 12.6. The van der Waals surface area contributed by atoms with Gasteiger partial charge in [0.1, 0.15) is 0 Å². The van der Waals surface area contributed by atoms with Crippen LogP contribution >= 0.6 is 0 Å². The molecule has 0 saturated heterocycles. The Kier molecular flexibility index (Phi) is 2.03. The van der Waals surface area contributed by atoms with Gasteiger partial charge in [-0.15, -0.1) is 0 Å². The van der Waals surface area contributed by atoms with Gasteiger partial charge in [0.05, 0.1) is 5.56 Å². The SMILES string of the molecule is Nc1cccc2cncc(C(F)(F)F)c12. The predicted molar refractivity (Wildman–Crippen MR) is 51.2 cm³/mol. The summed E-state index contributed by atoms with van der Waals surface area (Å²) in [6.45, 7) is 0. The number of pyridine rings is 1. The van der Waals surface area contributed by atoms with Crippen LogP contribution in [0.15, 0.2) is 30.6 Å². The van der Waals surface area contributed by atoms with Crippen LogP contribution in [0.3, 0.4) is 0 Å². The number of benzene rings is 1. The van der Waals surface area contributed by atoms with E-state index in [1.165, 1.54) is 12.3 Å². The number of hydrogen-bond acceptors (Lipinski definition) is 2. The van der Waals surface area contributed by atoms with Gasteiger partial charge in [-0.25, -0.2) is 0 Å². The average molecular weight is 212 g/mol. The highest BCUT2D eigenvalue weighted by Gasteiger charge is 2.33. The molecule has 78 valence electrons. The Bertz CT molecular complexity index is 500. The number of nitrogens with zero attached hydrogens (tertiary/aromatic N) is 1. The lowest BCUT2D eigenvalue weighted by Crippen LogP contribution is -2.07. The Morgan fingerprint density at radius 2 is 1.87 bits per heavy atom. The zero-order valence-electron chi connectivity index (χ0n) is 7.55. The molecule has 0 aliphatic carbocycles. The summed E-state index contributed by atoms with van der Waals surface area (Å²) in [4.78, 5) is 3.54. The van der Waals surface area contributed by atoms with E-state index < -0.39 is 11.7 Å². The van der Waals surface area contributed by atoms with E-state index in [0.717, 1.165) is 6.20 Å². The zero-order chi connectivity index (χ0) is 11.1. The monoisotopic (exact) mass is 212 g/mol. The van der Waals surface area contributed by atoms with E-state index in [9.17, 15) is 13.2 Å². The fourth-order valence-corrected chi connectivity index (χ4v) is 1.48. The molecule has 0 fully saturated rings. The maximum Gasteiger partial charge on any atom is 0.418 e. The summed E-state index contributed by atoms with van der Waals surface area (Å²) in [6.07, 6.45) is -2.28. The van der Waals surface area contributed by atoms with Gasteiger partial charge in [-0.05, 0) is 6.07 Å². The van der Waals surface area contributed by atoms with Gasteiger partial charge >= 0.3 is 6.18 Å². The Labute approximate surface area is 83.5 Å². The van der Waals surface area contributed by atoms with E-state index in [0.29, 0.717) is 5.39 Å². The number of aromatic nitrogens is 1. The number of halogens is 3. The molecule has 0 aliphatic heterocycles. The normalized spacial score (nSPS) is 11.9. The predicted octanol–water partition coefficient (Wildman–Crippen LogP) is 2.84.